The van der Waals surface area contributed by atoms with Crippen LogP contribution in [0.3, 0.4) is 0 Å². The fourth-order valence-electron chi connectivity index (χ4n) is 2.10. The molecule has 3 N–H and O–H groups in total. The average Bonchev–Trinajstić information content (AvgIpc) is 2.78. The molecule has 0 spiro atoms. The van der Waals surface area contributed by atoms with Crippen molar-refractivity contribution < 1.29 is 19.8 Å². The predicted molar refractivity (Wildman–Crippen MR) is 61.7 cm³/mol. The van der Waals surface area contributed by atoms with Crippen molar-refractivity contribution in [1.29, 1.82) is 0 Å². The monoisotopic (exact) mass is 244 g/mol. The van der Waals surface area contributed by atoms with Gasteiger partial charge in [0.2, 0.25) is 0 Å². The summed E-state index contributed by atoms with van der Waals surface area (Å²) < 4.78 is 0. The highest BCUT2D eigenvalue weighted by molar-refractivity contribution is 5.82. The number of hydrogen-bond acceptors (Lipinski definition) is 3. The first-order chi connectivity index (χ1) is 8.06. The summed E-state index contributed by atoms with van der Waals surface area (Å²) in [4.78, 5) is 24.1. The highest BCUT2D eigenvalue weighted by atomic mass is 16.4. The molecular weight excluding hydrogens is 224 g/mol. The summed E-state index contributed by atoms with van der Waals surface area (Å²) in [6.07, 6.45) is 4.01. The number of nitrogens with one attached hydrogen (secondary N) is 1. The Kier molecular flexibility index (Phi) is 5.21. The Morgan fingerprint density at radius 1 is 1.41 bits per heavy atom. The number of hydrogen-bond donors (Lipinski definition) is 3. The summed E-state index contributed by atoms with van der Waals surface area (Å²) in [5, 5.41) is 20.1. The third-order valence-corrected chi connectivity index (χ3v) is 3.08. The van der Waals surface area contributed by atoms with Gasteiger partial charge in [0.25, 0.3) is 0 Å². The molecule has 1 aliphatic carbocycles. The number of amides is 2. The molecule has 0 aliphatic heterocycles. The molecule has 0 radical (unpaired) electrons. The van der Waals surface area contributed by atoms with Crippen LogP contribution in [0.4, 0.5) is 4.79 Å². The highest BCUT2D eigenvalue weighted by Gasteiger charge is 2.27. The maximum Gasteiger partial charge on any atom is 0.325 e. The molecule has 17 heavy (non-hydrogen) atoms. The molecule has 1 aliphatic rings. The molecule has 1 saturated carbocycles. The second-order valence-corrected chi connectivity index (χ2v) is 4.36. The highest BCUT2D eigenvalue weighted by Crippen LogP contribution is 2.23. The van der Waals surface area contributed by atoms with Gasteiger partial charge in [0.05, 0.1) is 6.61 Å². The second kappa shape index (κ2) is 6.44. The number of urea groups is 1. The van der Waals surface area contributed by atoms with Crippen molar-refractivity contribution in [2.75, 3.05) is 13.2 Å². The standard InChI is InChI=1S/C11H20N2O4/c1-8(10(15)16)12-11(17)13(6-7-14)9-4-2-3-5-9/h8-9,14H,2-7H2,1H3,(H,12,17)(H,15,16)/t8-/m0/s1. The number of carbonyl (C=O) groups excluding carboxylic acids is 1. The maximum absolute atomic E-state index is 11.9. The van der Waals surface area contributed by atoms with Gasteiger partial charge in [-0.3, -0.25) is 4.79 Å². The molecule has 0 heterocycles. The fourth-order valence-corrected chi connectivity index (χ4v) is 2.10. The lowest BCUT2D eigenvalue weighted by Gasteiger charge is -2.29. The van der Waals surface area contributed by atoms with Gasteiger partial charge in [-0.05, 0) is 19.8 Å². The number of rotatable bonds is 5. The topological polar surface area (TPSA) is 89.9 Å². The van der Waals surface area contributed by atoms with Crippen LogP contribution < -0.4 is 5.32 Å². The minimum atomic E-state index is -1.06. The number of aliphatic hydroxyl groups excluding tert-OH is 1. The van der Waals surface area contributed by atoms with Gasteiger partial charge >= 0.3 is 12.0 Å². The summed E-state index contributed by atoms with van der Waals surface area (Å²) in [7, 11) is 0. The van der Waals surface area contributed by atoms with E-state index in [0.29, 0.717) is 0 Å². The number of aliphatic hydroxyl groups is 1. The zero-order valence-electron chi connectivity index (χ0n) is 10.1. The van der Waals surface area contributed by atoms with Crippen molar-refractivity contribution in [2.45, 2.75) is 44.7 Å². The Bertz CT molecular complexity index is 277. The van der Waals surface area contributed by atoms with Crippen molar-refractivity contribution in [1.82, 2.24) is 10.2 Å². The Hall–Kier alpha value is -1.30. The van der Waals surface area contributed by atoms with Crippen LogP contribution in [-0.4, -0.2) is 52.3 Å². The first-order valence-electron chi connectivity index (χ1n) is 5.97. The zero-order valence-corrected chi connectivity index (χ0v) is 10.1. The van der Waals surface area contributed by atoms with Gasteiger partial charge in [0, 0.05) is 12.6 Å². The quantitative estimate of drug-likeness (QED) is 0.653. The molecule has 0 aromatic carbocycles. The van der Waals surface area contributed by atoms with Crippen molar-refractivity contribution >= 4 is 12.0 Å². The molecule has 0 unspecified atom stereocenters. The van der Waals surface area contributed by atoms with E-state index < -0.39 is 18.0 Å². The lowest BCUT2D eigenvalue weighted by Crippen LogP contribution is -2.50. The van der Waals surface area contributed by atoms with Crippen molar-refractivity contribution in [3.05, 3.63) is 0 Å². The number of carboxylic acids is 1. The molecule has 6 nitrogen and oxygen atoms in total. The van der Waals surface area contributed by atoms with Gasteiger partial charge in [-0.1, -0.05) is 12.8 Å². The molecule has 0 aromatic rings. The van der Waals surface area contributed by atoms with Crippen LogP contribution >= 0.6 is 0 Å². The van der Waals surface area contributed by atoms with E-state index in [2.05, 4.69) is 5.32 Å². The minimum Gasteiger partial charge on any atom is -0.480 e. The SMILES string of the molecule is C[C@H](NC(=O)N(CCO)C1CCCC1)C(=O)O. The fraction of sp³-hybridized carbons (Fsp3) is 0.818. The molecule has 2 amide bonds. The minimum absolute atomic E-state index is 0.106. The molecule has 1 rings (SSSR count). The molecule has 1 fully saturated rings. The van der Waals surface area contributed by atoms with Crippen LogP contribution in [-0.2, 0) is 4.79 Å². The van der Waals surface area contributed by atoms with E-state index >= 15 is 0 Å². The molecule has 1 atom stereocenters. The van der Waals surface area contributed by atoms with Crippen molar-refractivity contribution in [3.63, 3.8) is 0 Å². The zero-order chi connectivity index (χ0) is 12.8. The number of carboxylic acid groups (broad SMARTS) is 1. The summed E-state index contributed by atoms with van der Waals surface area (Å²) in [6.45, 7) is 1.57. The van der Waals surface area contributed by atoms with E-state index in [9.17, 15) is 9.59 Å². The Labute approximate surface area is 101 Å². The lowest BCUT2D eigenvalue weighted by atomic mass is 10.2. The van der Waals surface area contributed by atoms with Gasteiger partial charge in [0.1, 0.15) is 6.04 Å². The van der Waals surface area contributed by atoms with Gasteiger partial charge in [-0.25, -0.2) is 4.79 Å². The lowest BCUT2D eigenvalue weighted by molar-refractivity contribution is -0.138. The third-order valence-electron chi connectivity index (χ3n) is 3.08. The van der Waals surface area contributed by atoms with Crippen LogP contribution in [0.1, 0.15) is 32.6 Å². The molecule has 6 heteroatoms. The van der Waals surface area contributed by atoms with Crippen LogP contribution in [0, 0.1) is 0 Å². The number of aliphatic carboxylic acids is 1. The first-order valence-corrected chi connectivity index (χ1v) is 5.97. The number of carbonyl (C=O) groups is 2. The molecular formula is C11H20N2O4. The Morgan fingerprint density at radius 3 is 2.47 bits per heavy atom. The van der Waals surface area contributed by atoms with E-state index in [-0.39, 0.29) is 19.2 Å². The van der Waals surface area contributed by atoms with Crippen LogP contribution in [0.15, 0.2) is 0 Å². The molecule has 0 aromatic heterocycles. The van der Waals surface area contributed by atoms with E-state index in [1.807, 2.05) is 0 Å². The largest absolute Gasteiger partial charge is 0.480 e. The smallest absolute Gasteiger partial charge is 0.325 e. The van der Waals surface area contributed by atoms with Gasteiger partial charge in [0.15, 0.2) is 0 Å². The summed E-state index contributed by atoms with van der Waals surface area (Å²) in [5.74, 6) is -1.06. The van der Waals surface area contributed by atoms with Crippen LogP contribution in [0.2, 0.25) is 0 Å². The molecule has 0 bridgehead atoms. The van der Waals surface area contributed by atoms with Crippen molar-refractivity contribution in [3.8, 4) is 0 Å². The molecule has 0 saturated heterocycles. The average molecular weight is 244 g/mol. The second-order valence-electron chi connectivity index (χ2n) is 4.36. The Balaban J connectivity index is 2.56. The third kappa shape index (κ3) is 3.89. The predicted octanol–water partition coefficient (Wildman–Crippen LogP) is 0.406. The van der Waals surface area contributed by atoms with Gasteiger partial charge in [-0.2, -0.15) is 0 Å². The van der Waals surface area contributed by atoms with E-state index in [1.54, 1.807) is 4.90 Å². The van der Waals surface area contributed by atoms with Gasteiger partial charge < -0.3 is 20.4 Å². The van der Waals surface area contributed by atoms with Gasteiger partial charge in [-0.15, -0.1) is 0 Å². The summed E-state index contributed by atoms with van der Waals surface area (Å²) in [6, 6.07) is -1.19. The van der Waals surface area contributed by atoms with E-state index in [4.69, 9.17) is 10.2 Å². The number of nitrogens with zero attached hydrogens (tertiary/aromatic N) is 1. The van der Waals surface area contributed by atoms with Crippen LogP contribution in [0.5, 0.6) is 0 Å². The van der Waals surface area contributed by atoms with Crippen LogP contribution in [0.25, 0.3) is 0 Å². The molecule has 98 valence electrons. The normalized spacial score (nSPS) is 17.8. The van der Waals surface area contributed by atoms with E-state index in [0.717, 1.165) is 25.7 Å². The summed E-state index contributed by atoms with van der Waals surface area (Å²) >= 11 is 0. The maximum atomic E-state index is 11.9. The Morgan fingerprint density at radius 2 is 2.00 bits per heavy atom. The summed E-state index contributed by atoms with van der Waals surface area (Å²) in [5.41, 5.74) is 0. The first kappa shape index (κ1) is 13.8. The van der Waals surface area contributed by atoms with E-state index in [1.165, 1.54) is 6.92 Å². The van der Waals surface area contributed by atoms with Crippen molar-refractivity contribution in [2.24, 2.45) is 0 Å².